The van der Waals surface area contributed by atoms with Gasteiger partial charge in [0.05, 0.1) is 17.5 Å². The molecule has 1 aliphatic heterocycles. The first-order valence-electron chi connectivity index (χ1n) is 7.03. The summed E-state index contributed by atoms with van der Waals surface area (Å²) in [6, 6.07) is 3.48. The van der Waals surface area contributed by atoms with Crippen molar-refractivity contribution in [1.29, 1.82) is 0 Å². The molecule has 0 aromatic heterocycles. The minimum Gasteiger partial charge on any atom is -0.480 e. The molecule has 2 rings (SSSR count). The number of carboxylic acid groups (broad SMARTS) is 1. The van der Waals surface area contributed by atoms with Gasteiger partial charge in [0.1, 0.15) is 6.54 Å². The minimum absolute atomic E-state index is 0.131. The molecular weight excluding hydrogens is 329 g/mol. The lowest BCUT2D eigenvalue weighted by Gasteiger charge is -2.25. The summed E-state index contributed by atoms with van der Waals surface area (Å²) in [7, 11) is 1.45. The van der Waals surface area contributed by atoms with E-state index >= 15 is 0 Å². The third-order valence-corrected chi connectivity index (χ3v) is 3.92. The Morgan fingerprint density at radius 1 is 1.29 bits per heavy atom. The van der Waals surface area contributed by atoms with Crippen LogP contribution in [0, 0.1) is 5.92 Å². The van der Waals surface area contributed by atoms with Gasteiger partial charge in [0.25, 0.3) is 0 Å². The number of carbonyl (C=O) groups is 3. The van der Waals surface area contributed by atoms with E-state index in [0.29, 0.717) is 5.56 Å². The van der Waals surface area contributed by atoms with Crippen molar-refractivity contribution in [3.8, 4) is 0 Å². The Bertz CT molecular complexity index is 658. The van der Waals surface area contributed by atoms with Crippen LogP contribution in [0.1, 0.15) is 23.6 Å². The third-order valence-electron chi connectivity index (χ3n) is 3.92. The molecule has 1 heterocycles. The van der Waals surface area contributed by atoms with Crippen LogP contribution in [0.4, 0.5) is 13.2 Å². The van der Waals surface area contributed by atoms with Crippen LogP contribution in [-0.4, -0.2) is 41.4 Å². The lowest BCUT2D eigenvalue weighted by Crippen LogP contribution is -2.37. The molecule has 0 aliphatic carbocycles. The molecule has 1 saturated heterocycles. The quantitative estimate of drug-likeness (QED) is 0.865. The van der Waals surface area contributed by atoms with Crippen LogP contribution >= 0.6 is 0 Å². The fourth-order valence-electron chi connectivity index (χ4n) is 2.72. The number of halogens is 3. The Kier molecular flexibility index (Phi) is 4.81. The molecule has 2 N–H and O–H groups in total. The van der Waals surface area contributed by atoms with Gasteiger partial charge in [-0.05, 0) is 17.7 Å². The predicted octanol–water partition coefficient (Wildman–Crippen LogP) is 1.43. The zero-order valence-electron chi connectivity index (χ0n) is 12.6. The second-order valence-electron chi connectivity index (χ2n) is 5.49. The highest BCUT2D eigenvalue weighted by Crippen LogP contribution is 2.38. The number of hydrogen-bond acceptors (Lipinski definition) is 3. The van der Waals surface area contributed by atoms with Crippen LogP contribution in [0.15, 0.2) is 24.3 Å². The summed E-state index contributed by atoms with van der Waals surface area (Å²) in [6.07, 6.45) is -4.61. The monoisotopic (exact) mass is 344 g/mol. The summed E-state index contributed by atoms with van der Waals surface area (Å²) in [5.41, 5.74) is -0.447. The Labute approximate surface area is 135 Å². The zero-order valence-corrected chi connectivity index (χ0v) is 12.6. The van der Waals surface area contributed by atoms with Gasteiger partial charge in [0, 0.05) is 13.5 Å². The molecular formula is C15H15F3N2O4. The second-order valence-corrected chi connectivity index (χ2v) is 5.49. The molecule has 0 saturated carbocycles. The summed E-state index contributed by atoms with van der Waals surface area (Å²) in [5, 5.41) is 10.8. The average molecular weight is 344 g/mol. The highest BCUT2D eigenvalue weighted by molar-refractivity contribution is 5.91. The summed E-state index contributed by atoms with van der Waals surface area (Å²) in [6.45, 7) is -0.590. The van der Waals surface area contributed by atoms with E-state index in [9.17, 15) is 27.6 Å². The van der Waals surface area contributed by atoms with Gasteiger partial charge < -0.3 is 15.3 Å². The van der Waals surface area contributed by atoms with Crippen molar-refractivity contribution < 1.29 is 32.7 Å². The molecule has 24 heavy (non-hydrogen) atoms. The lowest BCUT2D eigenvalue weighted by atomic mass is 9.92. The molecule has 1 aromatic rings. The van der Waals surface area contributed by atoms with Gasteiger partial charge in [-0.3, -0.25) is 14.4 Å². The number of rotatable bonds is 4. The fraction of sp³-hybridized carbons (Fsp3) is 0.400. The molecule has 1 aromatic carbocycles. The van der Waals surface area contributed by atoms with Gasteiger partial charge in [-0.15, -0.1) is 0 Å². The molecule has 2 amide bonds. The van der Waals surface area contributed by atoms with E-state index in [-0.39, 0.29) is 12.3 Å². The first-order valence-corrected chi connectivity index (χ1v) is 7.03. The lowest BCUT2D eigenvalue weighted by molar-refractivity contribution is -0.138. The van der Waals surface area contributed by atoms with Crippen LogP contribution in [0.3, 0.4) is 0 Å². The van der Waals surface area contributed by atoms with Gasteiger partial charge in [-0.2, -0.15) is 13.2 Å². The molecule has 130 valence electrons. The Morgan fingerprint density at radius 2 is 1.88 bits per heavy atom. The van der Waals surface area contributed by atoms with Crippen LogP contribution in [0.5, 0.6) is 0 Å². The number of hydrogen-bond donors (Lipinski definition) is 2. The first kappa shape index (κ1) is 17.8. The maximum atomic E-state index is 12.6. The van der Waals surface area contributed by atoms with E-state index in [1.165, 1.54) is 24.1 Å². The van der Waals surface area contributed by atoms with Crippen molar-refractivity contribution in [3.05, 3.63) is 35.4 Å². The van der Waals surface area contributed by atoms with Gasteiger partial charge in [0.2, 0.25) is 11.8 Å². The topological polar surface area (TPSA) is 86.7 Å². The number of alkyl halides is 3. The normalized spacial score (nSPS) is 21.0. The van der Waals surface area contributed by atoms with Crippen LogP contribution < -0.4 is 5.32 Å². The smallest absolute Gasteiger partial charge is 0.416 e. The zero-order chi connectivity index (χ0) is 18.1. The molecule has 9 heteroatoms. The minimum atomic E-state index is -4.48. The maximum Gasteiger partial charge on any atom is 0.416 e. The number of likely N-dealkylation sites (tertiary alicyclic amines) is 1. The highest BCUT2D eigenvalue weighted by Gasteiger charge is 2.43. The van der Waals surface area contributed by atoms with Crippen molar-refractivity contribution in [2.75, 3.05) is 13.6 Å². The molecule has 6 nitrogen and oxygen atoms in total. The van der Waals surface area contributed by atoms with E-state index in [4.69, 9.17) is 5.11 Å². The van der Waals surface area contributed by atoms with Gasteiger partial charge in [-0.1, -0.05) is 12.1 Å². The van der Waals surface area contributed by atoms with E-state index in [1.807, 2.05) is 0 Å². The van der Waals surface area contributed by atoms with Crippen molar-refractivity contribution in [2.45, 2.75) is 18.6 Å². The number of carbonyl (C=O) groups excluding carboxylic acids is 2. The number of amides is 2. The van der Waals surface area contributed by atoms with E-state index in [1.54, 1.807) is 0 Å². The summed E-state index contributed by atoms with van der Waals surface area (Å²) >= 11 is 0. The van der Waals surface area contributed by atoms with Crippen molar-refractivity contribution in [2.24, 2.45) is 5.92 Å². The van der Waals surface area contributed by atoms with Crippen LogP contribution in [0.2, 0.25) is 0 Å². The number of nitrogens with zero attached hydrogens (tertiary/aromatic N) is 1. The number of carboxylic acids is 1. The van der Waals surface area contributed by atoms with Gasteiger partial charge >= 0.3 is 12.1 Å². The molecule has 2 atom stereocenters. The Hall–Kier alpha value is -2.58. The second kappa shape index (κ2) is 6.50. The predicted molar refractivity (Wildman–Crippen MR) is 75.7 cm³/mol. The van der Waals surface area contributed by atoms with Crippen LogP contribution in [-0.2, 0) is 20.6 Å². The summed E-state index contributed by atoms with van der Waals surface area (Å²) < 4.78 is 37.9. The van der Waals surface area contributed by atoms with Crippen molar-refractivity contribution >= 4 is 17.8 Å². The Balaban J connectivity index is 2.25. The summed E-state index contributed by atoms with van der Waals surface area (Å²) in [5.74, 6) is -3.05. The molecule has 1 fully saturated rings. The van der Waals surface area contributed by atoms with Crippen molar-refractivity contribution in [3.63, 3.8) is 0 Å². The fourth-order valence-corrected chi connectivity index (χ4v) is 2.72. The average Bonchev–Trinajstić information content (AvgIpc) is 2.80. The molecule has 0 spiro atoms. The largest absolute Gasteiger partial charge is 0.480 e. The molecule has 2 unspecified atom stereocenters. The highest BCUT2D eigenvalue weighted by atomic mass is 19.4. The number of benzene rings is 1. The molecule has 1 aliphatic rings. The SMILES string of the molecule is CN1C(=O)CC(C(=O)NCC(=O)O)C1c1ccc(C(F)(F)F)cc1. The molecule has 0 radical (unpaired) electrons. The summed E-state index contributed by atoms with van der Waals surface area (Å²) in [4.78, 5) is 35.8. The number of aliphatic carboxylic acids is 1. The number of nitrogens with one attached hydrogen (secondary N) is 1. The molecule has 0 bridgehead atoms. The standard InChI is InChI=1S/C15H15F3N2O4/c1-20-11(21)6-10(14(24)19-7-12(22)23)13(20)8-2-4-9(5-3-8)15(16,17)18/h2-5,10,13H,6-7H2,1H3,(H,19,24)(H,22,23). The van der Waals surface area contributed by atoms with Gasteiger partial charge in [0.15, 0.2) is 0 Å². The first-order chi connectivity index (χ1) is 11.1. The maximum absolute atomic E-state index is 12.6. The van der Waals surface area contributed by atoms with E-state index in [2.05, 4.69) is 5.32 Å². The Morgan fingerprint density at radius 3 is 2.38 bits per heavy atom. The van der Waals surface area contributed by atoms with E-state index < -0.39 is 42.1 Å². The third kappa shape index (κ3) is 3.66. The van der Waals surface area contributed by atoms with Crippen molar-refractivity contribution in [1.82, 2.24) is 10.2 Å². The van der Waals surface area contributed by atoms with E-state index in [0.717, 1.165) is 12.1 Å². The van der Waals surface area contributed by atoms with Gasteiger partial charge in [-0.25, -0.2) is 0 Å². The van der Waals surface area contributed by atoms with Crippen LogP contribution in [0.25, 0.3) is 0 Å².